The first-order valence-corrected chi connectivity index (χ1v) is 15.4. The van der Waals surface area contributed by atoms with E-state index in [1.165, 1.54) is 37.0 Å². The molecular weight excluding hydrogens is 414 g/mol. The van der Waals surface area contributed by atoms with Crippen molar-refractivity contribution in [2.45, 2.75) is 51.9 Å². The molecule has 5 rings (SSSR count). The molecule has 0 radical (unpaired) electrons. The Hall–Kier alpha value is -2.50. The standard InChI is InChI=1S/C26H29N3SSi/c1-26(2,3)21-14-18(13-17-9-7-8-10-20(17)21)23-24-22(11-12-27-23)29-25(30-24)19(15-28-29)16-31(4,5)6/h7-15H,16H2,1-6H3. The van der Waals surface area contributed by atoms with Crippen LogP contribution in [0, 0.1) is 0 Å². The molecule has 5 aromatic rings. The van der Waals surface area contributed by atoms with Gasteiger partial charge < -0.3 is 0 Å². The normalized spacial score (nSPS) is 13.0. The van der Waals surface area contributed by atoms with E-state index in [9.17, 15) is 0 Å². The van der Waals surface area contributed by atoms with Crippen molar-refractivity contribution in [2.75, 3.05) is 0 Å². The molecule has 158 valence electrons. The van der Waals surface area contributed by atoms with Crippen LogP contribution in [0.1, 0.15) is 31.9 Å². The molecule has 3 heterocycles. The lowest BCUT2D eigenvalue weighted by Gasteiger charge is -2.22. The zero-order valence-electron chi connectivity index (χ0n) is 19.2. The lowest BCUT2D eigenvalue weighted by atomic mass is 9.82. The van der Waals surface area contributed by atoms with Gasteiger partial charge in [-0.2, -0.15) is 5.10 Å². The van der Waals surface area contributed by atoms with Crippen LogP contribution in [0.2, 0.25) is 19.6 Å². The molecule has 0 spiro atoms. The smallest absolute Gasteiger partial charge is 0.123 e. The van der Waals surface area contributed by atoms with Crippen molar-refractivity contribution in [2.24, 2.45) is 0 Å². The van der Waals surface area contributed by atoms with Crippen LogP contribution in [0.5, 0.6) is 0 Å². The van der Waals surface area contributed by atoms with Crippen LogP contribution >= 0.6 is 11.3 Å². The summed E-state index contributed by atoms with van der Waals surface area (Å²) in [6.07, 6.45) is 3.99. The maximum Gasteiger partial charge on any atom is 0.123 e. The van der Waals surface area contributed by atoms with Crippen LogP contribution < -0.4 is 0 Å². The van der Waals surface area contributed by atoms with Crippen molar-refractivity contribution < 1.29 is 0 Å². The Balaban J connectivity index is 1.77. The molecule has 0 atom stereocenters. The summed E-state index contributed by atoms with van der Waals surface area (Å²) in [6.45, 7) is 14.1. The fraction of sp³-hybridized carbons (Fsp3) is 0.308. The topological polar surface area (TPSA) is 30.2 Å². The maximum atomic E-state index is 4.86. The second-order valence-electron chi connectivity index (χ2n) is 10.7. The lowest BCUT2D eigenvalue weighted by molar-refractivity contribution is 0.596. The summed E-state index contributed by atoms with van der Waals surface area (Å²) >= 11 is 1.84. The van der Waals surface area contributed by atoms with Crippen molar-refractivity contribution >= 4 is 45.2 Å². The van der Waals surface area contributed by atoms with Crippen LogP contribution in [0.3, 0.4) is 0 Å². The van der Waals surface area contributed by atoms with Gasteiger partial charge in [0.1, 0.15) is 4.83 Å². The number of rotatable bonds is 3. The molecule has 2 aromatic carbocycles. The zero-order chi connectivity index (χ0) is 22.0. The van der Waals surface area contributed by atoms with E-state index in [0.717, 1.165) is 17.3 Å². The van der Waals surface area contributed by atoms with E-state index in [1.807, 2.05) is 17.5 Å². The monoisotopic (exact) mass is 443 g/mol. The van der Waals surface area contributed by atoms with Gasteiger partial charge in [0.05, 0.1) is 22.1 Å². The summed E-state index contributed by atoms with van der Waals surface area (Å²) in [5, 5.41) is 7.35. The Morgan fingerprint density at radius 1 is 1.03 bits per heavy atom. The van der Waals surface area contributed by atoms with Crippen LogP contribution in [-0.2, 0) is 11.5 Å². The van der Waals surface area contributed by atoms with E-state index < -0.39 is 8.07 Å². The Bertz CT molecular complexity index is 1430. The molecule has 0 aliphatic heterocycles. The maximum absolute atomic E-state index is 4.86. The third-order valence-electron chi connectivity index (χ3n) is 5.77. The molecule has 0 aliphatic rings. The minimum atomic E-state index is -1.23. The fourth-order valence-corrected chi connectivity index (χ4v) is 7.16. The van der Waals surface area contributed by atoms with E-state index in [1.54, 1.807) is 0 Å². The van der Waals surface area contributed by atoms with E-state index in [4.69, 9.17) is 10.1 Å². The fourth-order valence-electron chi connectivity index (χ4n) is 4.42. The number of nitrogens with zero attached hydrogens (tertiary/aromatic N) is 3. The minimum Gasteiger partial charge on any atom is -0.255 e. The summed E-state index contributed by atoms with van der Waals surface area (Å²) in [5.41, 5.74) is 6.18. The Labute approximate surface area is 188 Å². The highest BCUT2D eigenvalue weighted by Crippen LogP contribution is 2.39. The van der Waals surface area contributed by atoms with Crippen molar-refractivity contribution in [3.8, 4) is 11.3 Å². The second-order valence-corrected chi connectivity index (χ2v) is 17.2. The van der Waals surface area contributed by atoms with E-state index in [0.29, 0.717) is 0 Å². The summed E-state index contributed by atoms with van der Waals surface area (Å²) in [5.74, 6) is 0. The predicted octanol–water partition coefficient (Wildman–Crippen LogP) is 7.48. The molecule has 0 bridgehead atoms. The average molecular weight is 444 g/mol. The van der Waals surface area contributed by atoms with Crippen LogP contribution in [0.4, 0.5) is 0 Å². The van der Waals surface area contributed by atoms with E-state index in [2.05, 4.69) is 93.6 Å². The number of aromatic nitrogens is 3. The van der Waals surface area contributed by atoms with Crippen LogP contribution in [-0.4, -0.2) is 22.7 Å². The van der Waals surface area contributed by atoms with Gasteiger partial charge in [0.2, 0.25) is 0 Å². The molecule has 0 saturated heterocycles. The van der Waals surface area contributed by atoms with Crippen molar-refractivity contribution in [3.05, 3.63) is 66.0 Å². The molecule has 0 saturated carbocycles. The molecule has 3 nitrogen and oxygen atoms in total. The summed E-state index contributed by atoms with van der Waals surface area (Å²) in [7, 11) is -1.23. The number of hydrogen-bond donors (Lipinski definition) is 0. The van der Waals surface area contributed by atoms with Gasteiger partial charge in [-0.3, -0.25) is 4.98 Å². The Kier molecular flexibility index (Phi) is 4.61. The van der Waals surface area contributed by atoms with Gasteiger partial charge in [-0.1, -0.05) is 64.7 Å². The molecule has 0 fully saturated rings. The molecule has 3 aromatic heterocycles. The molecule has 0 amide bonds. The number of thiazole rings is 1. The van der Waals surface area contributed by atoms with Crippen LogP contribution in [0.25, 0.3) is 37.1 Å². The number of fused-ring (bicyclic) bond motifs is 4. The number of benzene rings is 2. The third-order valence-corrected chi connectivity index (χ3v) is 8.45. The molecule has 0 aliphatic carbocycles. The first-order chi connectivity index (χ1) is 14.6. The quantitative estimate of drug-likeness (QED) is 0.271. The predicted molar refractivity (Wildman–Crippen MR) is 137 cm³/mol. The van der Waals surface area contributed by atoms with Gasteiger partial charge in [-0.25, -0.2) is 4.52 Å². The molecule has 0 unspecified atom stereocenters. The summed E-state index contributed by atoms with van der Waals surface area (Å²) < 4.78 is 3.34. The van der Waals surface area contributed by atoms with Crippen molar-refractivity contribution in [1.29, 1.82) is 0 Å². The average Bonchev–Trinajstić information content (AvgIpc) is 3.25. The summed E-state index contributed by atoms with van der Waals surface area (Å²) in [4.78, 5) is 6.13. The zero-order valence-corrected chi connectivity index (χ0v) is 21.0. The SMILES string of the molecule is CC(C)(C)c1cc(-c2nccc3c2sc2c(C[Si](C)(C)C)cnn23)cc2ccccc12. The largest absolute Gasteiger partial charge is 0.255 e. The first-order valence-electron chi connectivity index (χ1n) is 10.9. The van der Waals surface area contributed by atoms with Gasteiger partial charge >= 0.3 is 0 Å². The minimum absolute atomic E-state index is 0.0536. The number of hydrogen-bond acceptors (Lipinski definition) is 3. The number of pyridine rings is 1. The first kappa shape index (κ1) is 20.4. The third kappa shape index (κ3) is 3.60. The van der Waals surface area contributed by atoms with Gasteiger partial charge in [-0.15, -0.1) is 11.3 Å². The lowest BCUT2D eigenvalue weighted by Crippen LogP contribution is -2.23. The molecule has 31 heavy (non-hydrogen) atoms. The van der Waals surface area contributed by atoms with Gasteiger partial charge in [0.25, 0.3) is 0 Å². The molecule has 0 N–H and O–H groups in total. The highest BCUT2D eigenvalue weighted by Gasteiger charge is 2.22. The van der Waals surface area contributed by atoms with Gasteiger partial charge in [0, 0.05) is 25.4 Å². The van der Waals surface area contributed by atoms with Crippen molar-refractivity contribution in [1.82, 2.24) is 14.6 Å². The highest BCUT2D eigenvalue weighted by atomic mass is 32.1. The summed E-state index contributed by atoms with van der Waals surface area (Å²) in [6, 6.07) is 16.6. The van der Waals surface area contributed by atoms with E-state index >= 15 is 0 Å². The van der Waals surface area contributed by atoms with E-state index in [-0.39, 0.29) is 5.41 Å². The highest BCUT2D eigenvalue weighted by molar-refractivity contribution is 7.24. The Morgan fingerprint density at radius 3 is 2.55 bits per heavy atom. The second kappa shape index (κ2) is 7.00. The van der Waals surface area contributed by atoms with Crippen molar-refractivity contribution in [3.63, 3.8) is 0 Å². The molecule has 5 heteroatoms. The molecular formula is C26H29N3SSi. The Morgan fingerprint density at radius 2 is 1.81 bits per heavy atom. The van der Waals surface area contributed by atoms with Gasteiger partial charge in [0.15, 0.2) is 0 Å². The van der Waals surface area contributed by atoms with Crippen LogP contribution in [0.15, 0.2) is 54.9 Å². The van der Waals surface area contributed by atoms with Gasteiger partial charge in [-0.05, 0) is 46.0 Å².